The van der Waals surface area contributed by atoms with E-state index in [1.807, 2.05) is 0 Å². The second-order valence-electron chi connectivity index (χ2n) is 2.83. The van der Waals surface area contributed by atoms with E-state index in [1.54, 1.807) is 0 Å². The van der Waals surface area contributed by atoms with E-state index in [-0.39, 0.29) is 27.1 Å². The third-order valence-electron chi connectivity index (χ3n) is 1.81. The number of hydrogen-bond acceptors (Lipinski definition) is 4. The van der Waals surface area contributed by atoms with Crippen LogP contribution in [-0.2, 0) is 0 Å². The lowest BCUT2D eigenvalue weighted by molar-refractivity contribution is -0.385. The average molecular weight is 272 g/mol. The van der Waals surface area contributed by atoms with Crippen molar-refractivity contribution < 1.29 is 14.5 Å². The summed E-state index contributed by atoms with van der Waals surface area (Å²) in [6, 6.07) is 2.53. The molecule has 0 amide bonds. The average Bonchev–Trinajstić information content (AvgIpc) is 2.15. The second kappa shape index (κ2) is 4.31. The van der Waals surface area contributed by atoms with Crippen molar-refractivity contribution in [2.75, 3.05) is 0 Å². The number of benzene rings is 1. The van der Waals surface area contributed by atoms with Crippen LogP contribution < -0.4 is 0 Å². The number of nitro benzene ring substituents is 1. The lowest BCUT2D eigenvalue weighted by Crippen LogP contribution is -2.00. The molecule has 1 rings (SSSR count). The molecule has 0 atom stereocenters. The van der Waals surface area contributed by atoms with Gasteiger partial charge in [-0.25, -0.2) is 0 Å². The molecule has 0 bridgehead atoms. The number of ketones is 1. The molecule has 0 radical (unpaired) electrons. The van der Waals surface area contributed by atoms with Gasteiger partial charge in [-0.2, -0.15) is 0 Å². The maximum absolute atomic E-state index is 11.0. The first-order chi connectivity index (χ1) is 6.97. The van der Waals surface area contributed by atoms with Gasteiger partial charge in [0.1, 0.15) is 0 Å². The first kappa shape index (κ1) is 11.5. The summed E-state index contributed by atoms with van der Waals surface area (Å²) in [6.07, 6.45) is 0.356. The molecule has 0 aliphatic heterocycles. The van der Waals surface area contributed by atoms with Crippen LogP contribution in [0.5, 0.6) is 0 Å². The van der Waals surface area contributed by atoms with E-state index >= 15 is 0 Å². The molecule has 78 valence electrons. The Bertz CT molecular complexity index is 456. The van der Waals surface area contributed by atoms with E-state index in [4.69, 9.17) is 0 Å². The van der Waals surface area contributed by atoms with Gasteiger partial charge in [-0.1, -0.05) is 0 Å². The van der Waals surface area contributed by atoms with Crippen molar-refractivity contribution in [2.24, 2.45) is 0 Å². The summed E-state index contributed by atoms with van der Waals surface area (Å²) in [5.41, 5.74) is -0.177. The monoisotopic (exact) mass is 271 g/mol. The van der Waals surface area contributed by atoms with Crippen LogP contribution in [0, 0.1) is 10.1 Å². The van der Waals surface area contributed by atoms with Crippen molar-refractivity contribution in [3.05, 3.63) is 37.8 Å². The smallest absolute Gasteiger partial charge is 0.293 e. The Balaban J connectivity index is 3.50. The molecule has 0 unspecified atom stereocenters. The fourth-order valence-corrected chi connectivity index (χ4v) is 1.73. The van der Waals surface area contributed by atoms with Gasteiger partial charge < -0.3 is 0 Å². The highest BCUT2D eigenvalue weighted by molar-refractivity contribution is 9.10. The van der Waals surface area contributed by atoms with Crippen LogP contribution >= 0.6 is 15.9 Å². The van der Waals surface area contributed by atoms with Gasteiger partial charge in [0.25, 0.3) is 5.69 Å². The first-order valence-electron chi connectivity index (χ1n) is 3.91. The SMILES string of the molecule is CC(=O)c1cc(Br)c([N+](=O)[O-])c(C=O)c1. The molecule has 0 saturated heterocycles. The molecule has 1 aromatic rings. The van der Waals surface area contributed by atoms with Crippen molar-refractivity contribution in [3.63, 3.8) is 0 Å². The number of halogens is 1. The fourth-order valence-electron chi connectivity index (χ4n) is 1.11. The van der Waals surface area contributed by atoms with E-state index < -0.39 is 4.92 Å². The predicted octanol–water partition coefficient (Wildman–Crippen LogP) is 2.37. The molecule has 5 nitrogen and oxygen atoms in total. The number of Topliss-reactive ketones (excluding diaryl/α,β-unsaturated/α-hetero) is 1. The molecule has 0 aliphatic rings. The number of hydrogen-bond donors (Lipinski definition) is 0. The van der Waals surface area contributed by atoms with E-state index in [1.165, 1.54) is 19.1 Å². The second-order valence-corrected chi connectivity index (χ2v) is 3.68. The van der Waals surface area contributed by atoms with Crippen LogP contribution in [0.4, 0.5) is 5.69 Å². The molecule has 0 fully saturated rings. The normalized spacial score (nSPS) is 9.73. The predicted molar refractivity (Wildman–Crippen MR) is 56.2 cm³/mol. The van der Waals surface area contributed by atoms with Crippen LogP contribution in [0.2, 0.25) is 0 Å². The Morgan fingerprint density at radius 3 is 2.53 bits per heavy atom. The lowest BCUT2D eigenvalue weighted by Gasteiger charge is -2.01. The molecule has 0 spiro atoms. The molecule has 6 heteroatoms. The maximum atomic E-state index is 11.0. The molecule has 1 aromatic carbocycles. The van der Waals surface area contributed by atoms with Crippen molar-refractivity contribution in [3.8, 4) is 0 Å². The molecular formula is C9H6BrNO4. The van der Waals surface area contributed by atoms with Gasteiger partial charge in [0.15, 0.2) is 12.1 Å². The lowest BCUT2D eigenvalue weighted by atomic mass is 10.1. The topological polar surface area (TPSA) is 77.3 Å². The highest BCUT2D eigenvalue weighted by atomic mass is 79.9. The molecule has 15 heavy (non-hydrogen) atoms. The largest absolute Gasteiger partial charge is 0.298 e. The van der Waals surface area contributed by atoms with Gasteiger partial charge in [0, 0.05) is 5.56 Å². The Labute approximate surface area is 93.4 Å². The van der Waals surface area contributed by atoms with E-state index in [0.29, 0.717) is 6.29 Å². The summed E-state index contributed by atoms with van der Waals surface area (Å²) in [7, 11) is 0. The number of carbonyl (C=O) groups is 2. The van der Waals surface area contributed by atoms with Gasteiger partial charge in [0.05, 0.1) is 15.0 Å². The van der Waals surface area contributed by atoms with Gasteiger partial charge in [-0.05, 0) is 35.0 Å². The molecule has 0 N–H and O–H groups in total. The van der Waals surface area contributed by atoms with Crippen molar-refractivity contribution >= 4 is 33.7 Å². The molecular weight excluding hydrogens is 266 g/mol. The van der Waals surface area contributed by atoms with E-state index in [9.17, 15) is 19.7 Å². The van der Waals surface area contributed by atoms with Crippen molar-refractivity contribution in [1.82, 2.24) is 0 Å². The van der Waals surface area contributed by atoms with Crippen LogP contribution in [0.1, 0.15) is 27.6 Å². The molecule has 0 saturated carbocycles. The molecule has 0 aromatic heterocycles. The number of carbonyl (C=O) groups excluding carboxylic acids is 2. The van der Waals surface area contributed by atoms with Gasteiger partial charge in [-0.3, -0.25) is 19.7 Å². The first-order valence-corrected chi connectivity index (χ1v) is 4.70. The molecule has 0 aliphatic carbocycles. The molecule has 0 heterocycles. The van der Waals surface area contributed by atoms with Crippen molar-refractivity contribution in [2.45, 2.75) is 6.92 Å². The van der Waals surface area contributed by atoms with Gasteiger partial charge >= 0.3 is 0 Å². The van der Waals surface area contributed by atoms with Crippen LogP contribution in [0.15, 0.2) is 16.6 Å². The summed E-state index contributed by atoms with van der Waals surface area (Å²) >= 11 is 2.95. The highest BCUT2D eigenvalue weighted by Crippen LogP contribution is 2.29. The third-order valence-corrected chi connectivity index (χ3v) is 2.41. The fraction of sp³-hybridized carbons (Fsp3) is 0.111. The standard InChI is InChI=1S/C9H6BrNO4/c1-5(13)6-2-7(4-12)9(11(14)15)8(10)3-6/h2-4H,1H3. The van der Waals surface area contributed by atoms with Gasteiger partial charge in [0.2, 0.25) is 0 Å². The zero-order valence-electron chi connectivity index (χ0n) is 7.69. The van der Waals surface area contributed by atoms with Crippen molar-refractivity contribution in [1.29, 1.82) is 0 Å². The Morgan fingerprint density at radius 1 is 1.53 bits per heavy atom. The van der Waals surface area contributed by atoms with Crippen LogP contribution in [-0.4, -0.2) is 17.0 Å². The summed E-state index contributed by atoms with van der Waals surface area (Å²) in [4.78, 5) is 31.6. The maximum Gasteiger partial charge on any atom is 0.293 e. The summed E-state index contributed by atoms with van der Waals surface area (Å²) in [5.74, 6) is -0.256. The quantitative estimate of drug-likeness (QED) is 0.366. The number of nitrogens with zero attached hydrogens (tertiary/aromatic N) is 1. The van der Waals surface area contributed by atoms with Crippen LogP contribution in [0.25, 0.3) is 0 Å². The van der Waals surface area contributed by atoms with E-state index in [0.717, 1.165) is 0 Å². The van der Waals surface area contributed by atoms with Crippen LogP contribution in [0.3, 0.4) is 0 Å². The summed E-state index contributed by atoms with van der Waals surface area (Å²) in [5, 5.41) is 10.6. The number of rotatable bonds is 3. The Hall–Kier alpha value is -1.56. The highest BCUT2D eigenvalue weighted by Gasteiger charge is 2.20. The minimum atomic E-state index is -0.669. The minimum Gasteiger partial charge on any atom is -0.298 e. The number of aldehydes is 1. The summed E-state index contributed by atoms with van der Waals surface area (Å²) in [6.45, 7) is 1.32. The third kappa shape index (κ3) is 2.27. The Kier molecular flexibility index (Phi) is 3.31. The zero-order valence-corrected chi connectivity index (χ0v) is 9.28. The minimum absolute atomic E-state index is 0.112. The number of nitro groups is 1. The summed E-state index contributed by atoms with van der Waals surface area (Å²) < 4.78 is 0.127. The zero-order chi connectivity index (χ0) is 11.6. The van der Waals surface area contributed by atoms with E-state index in [2.05, 4.69) is 15.9 Å². The Morgan fingerprint density at radius 2 is 2.13 bits per heavy atom. The van der Waals surface area contributed by atoms with Gasteiger partial charge in [-0.15, -0.1) is 0 Å².